The van der Waals surface area contributed by atoms with E-state index in [9.17, 15) is 4.79 Å². The summed E-state index contributed by atoms with van der Waals surface area (Å²) in [6.45, 7) is 10.4. The van der Waals surface area contributed by atoms with Crippen LogP contribution in [0.25, 0.3) is 0 Å². The molecule has 106 valence electrons. The fraction of sp³-hybridized carbons (Fsp3) is 0.562. The maximum Gasteiger partial charge on any atom is 0.252 e. The summed E-state index contributed by atoms with van der Waals surface area (Å²) in [6.07, 6.45) is 0.987. The summed E-state index contributed by atoms with van der Waals surface area (Å²) in [6, 6.07) is 4.31. The van der Waals surface area contributed by atoms with Crippen molar-refractivity contribution in [2.45, 2.75) is 47.1 Å². The monoisotopic (exact) mass is 325 g/mol. The van der Waals surface area contributed by atoms with Crippen LogP contribution in [0.4, 0.5) is 0 Å². The second kappa shape index (κ2) is 7.09. The Labute approximate surface area is 125 Å². The summed E-state index contributed by atoms with van der Waals surface area (Å²) in [4.78, 5) is 12.4. The molecule has 0 bridgehead atoms. The average Bonchev–Trinajstić information content (AvgIpc) is 2.25. The van der Waals surface area contributed by atoms with Crippen molar-refractivity contribution in [2.24, 2.45) is 5.92 Å². The fourth-order valence-corrected chi connectivity index (χ4v) is 2.95. The SMILES string of the molecule is Cc1cc(C)c(C(=O)NC(CBr)CC(C)C)c(C)c1. The summed E-state index contributed by atoms with van der Waals surface area (Å²) in [5, 5.41) is 3.92. The maximum atomic E-state index is 12.4. The van der Waals surface area contributed by atoms with Gasteiger partial charge in [0.15, 0.2) is 0 Å². The van der Waals surface area contributed by atoms with Gasteiger partial charge >= 0.3 is 0 Å². The second-order valence-electron chi connectivity index (χ2n) is 5.73. The second-order valence-corrected chi connectivity index (χ2v) is 6.38. The lowest BCUT2D eigenvalue weighted by Gasteiger charge is -2.20. The zero-order valence-corrected chi connectivity index (χ0v) is 14.1. The van der Waals surface area contributed by atoms with Crippen LogP contribution in [0.1, 0.15) is 47.3 Å². The van der Waals surface area contributed by atoms with Crippen molar-refractivity contribution in [3.8, 4) is 0 Å². The van der Waals surface area contributed by atoms with Gasteiger partial charge in [0.1, 0.15) is 0 Å². The number of alkyl halides is 1. The number of benzene rings is 1. The lowest BCUT2D eigenvalue weighted by molar-refractivity contribution is 0.0936. The first kappa shape index (κ1) is 16.2. The van der Waals surface area contributed by atoms with Crippen LogP contribution < -0.4 is 5.32 Å². The Balaban J connectivity index is 2.89. The van der Waals surface area contributed by atoms with Crippen LogP contribution >= 0.6 is 15.9 Å². The number of rotatable bonds is 5. The zero-order chi connectivity index (χ0) is 14.6. The lowest BCUT2D eigenvalue weighted by atomic mass is 9.98. The minimum atomic E-state index is 0.0418. The van der Waals surface area contributed by atoms with Gasteiger partial charge in [-0.05, 0) is 44.2 Å². The van der Waals surface area contributed by atoms with Gasteiger partial charge < -0.3 is 5.32 Å². The maximum absolute atomic E-state index is 12.4. The molecule has 3 heteroatoms. The van der Waals surface area contributed by atoms with Crippen molar-refractivity contribution in [3.05, 3.63) is 34.4 Å². The van der Waals surface area contributed by atoms with E-state index in [-0.39, 0.29) is 11.9 Å². The Hall–Kier alpha value is -0.830. The Morgan fingerprint density at radius 1 is 1.21 bits per heavy atom. The topological polar surface area (TPSA) is 29.1 Å². The van der Waals surface area contributed by atoms with E-state index in [0.717, 1.165) is 28.4 Å². The van der Waals surface area contributed by atoms with Gasteiger partial charge in [-0.2, -0.15) is 0 Å². The minimum Gasteiger partial charge on any atom is -0.348 e. The van der Waals surface area contributed by atoms with E-state index in [4.69, 9.17) is 0 Å². The molecule has 1 atom stereocenters. The molecule has 1 amide bonds. The number of hydrogen-bond acceptors (Lipinski definition) is 1. The molecule has 0 aromatic heterocycles. The van der Waals surface area contributed by atoms with Crippen molar-refractivity contribution in [2.75, 3.05) is 5.33 Å². The van der Waals surface area contributed by atoms with E-state index >= 15 is 0 Å². The molecule has 1 N–H and O–H groups in total. The number of amides is 1. The van der Waals surface area contributed by atoms with E-state index in [1.165, 1.54) is 5.56 Å². The molecule has 0 radical (unpaired) electrons. The molecule has 0 aliphatic carbocycles. The van der Waals surface area contributed by atoms with E-state index in [1.54, 1.807) is 0 Å². The van der Waals surface area contributed by atoms with Crippen LogP contribution in [-0.4, -0.2) is 17.3 Å². The van der Waals surface area contributed by atoms with Crippen molar-refractivity contribution in [1.82, 2.24) is 5.32 Å². The molecule has 1 rings (SSSR count). The predicted molar refractivity (Wildman–Crippen MR) is 85.2 cm³/mol. The van der Waals surface area contributed by atoms with Crippen LogP contribution in [0.3, 0.4) is 0 Å². The Kier molecular flexibility index (Phi) is 6.05. The molecule has 0 aliphatic rings. The lowest BCUT2D eigenvalue weighted by Crippen LogP contribution is -2.37. The van der Waals surface area contributed by atoms with E-state index < -0.39 is 0 Å². The predicted octanol–water partition coefficient (Wildman–Crippen LogP) is 4.15. The molecule has 0 saturated carbocycles. The number of halogens is 1. The minimum absolute atomic E-state index is 0.0418. The number of hydrogen-bond donors (Lipinski definition) is 1. The van der Waals surface area contributed by atoms with Crippen molar-refractivity contribution in [1.29, 1.82) is 0 Å². The van der Waals surface area contributed by atoms with E-state index in [0.29, 0.717) is 5.92 Å². The number of carbonyl (C=O) groups excluding carboxylic acids is 1. The summed E-state index contributed by atoms with van der Waals surface area (Å²) < 4.78 is 0. The van der Waals surface area contributed by atoms with Gasteiger partial charge in [0.2, 0.25) is 0 Å². The molecule has 1 aromatic carbocycles. The molecule has 1 aromatic rings. The van der Waals surface area contributed by atoms with Gasteiger partial charge in [0.05, 0.1) is 0 Å². The van der Waals surface area contributed by atoms with Crippen LogP contribution in [0.5, 0.6) is 0 Å². The quantitative estimate of drug-likeness (QED) is 0.809. The first-order valence-electron chi connectivity index (χ1n) is 6.79. The van der Waals surface area contributed by atoms with Crippen molar-refractivity contribution in [3.63, 3.8) is 0 Å². The van der Waals surface area contributed by atoms with Crippen LogP contribution in [0.15, 0.2) is 12.1 Å². The van der Waals surface area contributed by atoms with Crippen LogP contribution in [0.2, 0.25) is 0 Å². The highest BCUT2D eigenvalue weighted by Gasteiger charge is 2.17. The van der Waals surface area contributed by atoms with Crippen LogP contribution in [-0.2, 0) is 0 Å². The first-order valence-corrected chi connectivity index (χ1v) is 7.92. The molecule has 19 heavy (non-hydrogen) atoms. The first-order chi connectivity index (χ1) is 8.85. The molecule has 0 heterocycles. The molecular weight excluding hydrogens is 302 g/mol. The summed E-state index contributed by atoms with van der Waals surface area (Å²) in [5.74, 6) is 0.614. The van der Waals surface area contributed by atoms with E-state index in [1.807, 2.05) is 13.8 Å². The largest absolute Gasteiger partial charge is 0.348 e. The molecule has 0 fully saturated rings. The summed E-state index contributed by atoms with van der Waals surface area (Å²) in [7, 11) is 0. The highest BCUT2D eigenvalue weighted by atomic mass is 79.9. The van der Waals surface area contributed by atoms with Gasteiger partial charge in [0, 0.05) is 16.9 Å². The number of aryl methyl sites for hydroxylation is 3. The van der Waals surface area contributed by atoms with Crippen molar-refractivity contribution < 1.29 is 4.79 Å². The molecule has 1 unspecified atom stereocenters. The third-order valence-corrected chi connectivity index (χ3v) is 3.96. The van der Waals surface area contributed by atoms with Gasteiger partial charge in [-0.3, -0.25) is 4.79 Å². The Morgan fingerprint density at radius 3 is 2.16 bits per heavy atom. The summed E-state index contributed by atoms with van der Waals surface area (Å²) in [5.41, 5.74) is 4.12. The summed E-state index contributed by atoms with van der Waals surface area (Å²) >= 11 is 3.48. The van der Waals surface area contributed by atoms with Crippen molar-refractivity contribution >= 4 is 21.8 Å². The normalized spacial score (nSPS) is 12.6. The van der Waals surface area contributed by atoms with E-state index in [2.05, 4.69) is 54.2 Å². The van der Waals surface area contributed by atoms with Crippen LogP contribution in [0, 0.1) is 26.7 Å². The highest BCUT2D eigenvalue weighted by molar-refractivity contribution is 9.09. The fourth-order valence-electron chi connectivity index (χ4n) is 2.53. The Morgan fingerprint density at radius 2 is 1.74 bits per heavy atom. The highest BCUT2D eigenvalue weighted by Crippen LogP contribution is 2.17. The van der Waals surface area contributed by atoms with Gasteiger partial charge in [-0.15, -0.1) is 0 Å². The standard InChI is InChI=1S/C16H24BrNO/c1-10(2)6-14(9-17)18-16(19)15-12(4)7-11(3)8-13(15)5/h7-8,10,14H,6,9H2,1-5H3,(H,18,19). The smallest absolute Gasteiger partial charge is 0.252 e. The Bertz CT molecular complexity index is 431. The third-order valence-electron chi connectivity index (χ3n) is 3.18. The molecule has 2 nitrogen and oxygen atoms in total. The molecular formula is C16H24BrNO. The van der Waals surface area contributed by atoms with Gasteiger partial charge in [-0.1, -0.05) is 47.5 Å². The van der Waals surface area contributed by atoms with Gasteiger partial charge in [-0.25, -0.2) is 0 Å². The zero-order valence-electron chi connectivity index (χ0n) is 12.5. The average molecular weight is 326 g/mol. The molecule has 0 saturated heterocycles. The number of carbonyl (C=O) groups is 1. The van der Waals surface area contributed by atoms with Gasteiger partial charge in [0.25, 0.3) is 5.91 Å². The molecule has 0 spiro atoms. The molecule has 0 aliphatic heterocycles. The number of nitrogens with one attached hydrogen (secondary N) is 1. The third kappa shape index (κ3) is 4.64.